The number of ether oxygens (including phenoxy) is 1. The maximum absolute atomic E-state index is 12.6. The maximum Gasteiger partial charge on any atom is 0.224 e. The molecule has 0 bridgehead atoms. The third kappa shape index (κ3) is 5.04. The van der Waals surface area contributed by atoms with Gasteiger partial charge in [0, 0.05) is 31.7 Å². The molecule has 3 atom stereocenters. The van der Waals surface area contributed by atoms with E-state index in [1.54, 1.807) is 6.92 Å². The van der Waals surface area contributed by atoms with Crippen LogP contribution in [-0.2, 0) is 14.3 Å². The molecule has 3 unspecified atom stereocenters. The van der Waals surface area contributed by atoms with Crippen LogP contribution in [0.2, 0.25) is 0 Å². The van der Waals surface area contributed by atoms with Crippen LogP contribution in [0.4, 0.5) is 0 Å². The Morgan fingerprint density at radius 1 is 1.25 bits per heavy atom. The van der Waals surface area contributed by atoms with Crippen molar-refractivity contribution in [2.45, 2.75) is 38.3 Å². The Bertz CT molecular complexity index is 544. The van der Waals surface area contributed by atoms with Crippen LogP contribution in [0.3, 0.4) is 0 Å². The lowest BCUT2D eigenvalue weighted by Gasteiger charge is -2.31. The molecule has 132 valence electrons. The summed E-state index contributed by atoms with van der Waals surface area (Å²) in [4.78, 5) is 24.0. The summed E-state index contributed by atoms with van der Waals surface area (Å²) in [5.41, 5.74) is 12.5. The van der Waals surface area contributed by atoms with E-state index in [1.165, 1.54) is 0 Å². The van der Waals surface area contributed by atoms with E-state index in [9.17, 15) is 9.59 Å². The van der Waals surface area contributed by atoms with E-state index in [0.717, 1.165) is 18.4 Å². The number of rotatable bonds is 7. The minimum Gasteiger partial charge on any atom is -0.381 e. The van der Waals surface area contributed by atoms with Gasteiger partial charge in [0.25, 0.3) is 0 Å². The van der Waals surface area contributed by atoms with Crippen LogP contribution < -0.4 is 16.8 Å². The zero-order valence-corrected chi connectivity index (χ0v) is 14.1. The first kappa shape index (κ1) is 18.4. The second-order valence-electron chi connectivity index (χ2n) is 6.46. The molecule has 1 aromatic carbocycles. The minimum absolute atomic E-state index is 0.143. The van der Waals surface area contributed by atoms with Crippen LogP contribution >= 0.6 is 0 Å². The van der Waals surface area contributed by atoms with Gasteiger partial charge in [0.2, 0.25) is 11.8 Å². The monoisotopic (exact) mass is 333 g/mol. The van der Waals surface area contributed by atoms with Gasteiger partial charge in [0.1, 0.15) is 0 Å². The molecule has 1 heterocycles. The molecule has 6 nitrogen and oxygen atoms in total. The molecule has 0 aromatic heterocycles. The van der Waals surface area contributed by atoms with Gasteiger partial charge in [0.05, 0.1) is 5.92 Å². The summed E-state index contributed by atoms with van der Waals surface area (Å²) in [7, 11) is 0. The van der Waals surface area contributed by atoms with E-state index in [1.807, 2.05) is 30.3 Å². The first-order valence-electron chi connectivity index (χ1n) is 8.46. The van der Waals surface area contributed by atoms with Crippen LogP contribution in [0.1, 0.15) is 37.8 Å². The van der Waals surface area contributed by atoms with Crippen molar-refractivity contribution in [3.05, 3.63) is 35.9 Å². The Balaban J connectivity index is 2.01. The molecule has 2 rings (SSSR count). The highest BCUT2D eigenvalue weighted by atomic mass is 16.5. The normalized spacial score (nSPS) is 19.2. The molecule has 0 aliphatic carbocycles. The predicted octanol–water partition coefficient (Wildman–Crippen LogP) is 1.11. The van der Waals surface area contributed by atoms with Gasteiger partial charge in [-0.15, -0.1) is 0 Å². The third-order valence-corrected chi connectivity index (χ3v) is 4.72. The smallest absolute Gasteiger partial charge is 0.224 e. The largest absolute Gasteiger partial charge is 0.381 e. The van der Waals surface area contributed by atoms with E-state index < -0.39 is 17.9 Å². The Labute approximate surface area is 142 Å². The van der Waals surface area contributed by atoms with E-state index in [-0.39, 0.29) is 24.3 Å². The predicted molar refractivity (Wildman–Crippen MR) is 91.8 cm³/mol. The first-order valence-corrected chi connectivity index (χ1v) is 8.46. The Hall–Kier alpha value is -1.92. The molecule has 0 radical (unpaired) electrons. The van der Waals surface area contributed by atoms with Crippen molar-refractivity contribution in [1.82, 2.24) is 5.32 Å². The summed E-state index contributed by atoms with van der Waals surface area (Å²) >= 11 is 0. The first-order chi connectivity index (χ1) is 11.5. The molecule has 1 aliphatic rings. The fourth-order valence-electron chi connectivity index (χ4n) is 3.11. The van der Waals surface area contributed by atoms with Crippen LogP contribution in [0.25, 0.3) is 0 Å². The van der Waals surface area contributed by atoms with Gasteiger partial charge in [-0.1, -0.05) is 37.3 Å². The molecule has 1 aliphatic heterocycles. The number of nitrogens with two attached hydrogens (primary N) is 2. The number of hydrogen-bond donors (Lipinski definition) is 3. The summed E-state index contributed by atoms with van der Waals surface area (Å²) in [6.45, 7) is 3.10. The molecular formula is C18H27N3O3. The van der Waals surface area contributed by atoms with Gasteiger partial charge in [-0.3, -0.25) is 9.59 Å². The number of nitrogens with one attached hydrogen (secondary N) is 1. The van der Waals surface area contributed by atoms with E-state index in [4.69, 9.17) is 16.2 Å². The third-order valence-electron chi connectivity index (χ3n) is 4.72. The molecule has 0 spiro atoms. The van der Waals surface area contributed by atoms with Crippen LogP contribution in [-0.4, -0.2) is 31.1 Å². The molecule has 1 fully saturated rings. The SMILES string of the molecule is CC(C(=O)NC(CC(N)=O)C1CCOCC1)C(N)c1ccccc1. The number of benzene rings is 1. The highest BCUT2D eigenvalue weighted by Gasteiger charge is 2.30. The Morgan fingerprint density at radius 2 is 1.88 bits per heavy atom. The van der Waals surface area contributed by atoms with Crippen LogP contribution in [0.15, 0.2) is 30.3 Å². The zero-order valence-electron chi connectivity index (χ0n) is 14.1. The number of carbonyl (C=O) groups is 2. The summed E-state index contributed by atoms with van der Waals surface area (Å²) in [6.07, 6.45) is 1.78. The lowest BCUT2D eigenvalue weighted by Crippen LogP contribution is -2.47. The van der Waals surface area contributed by atoms with Crippen molar-refractivity contribution < 1.29 is 14.3 Å². The molecule has 24 heavy (non-hydrogen) atoms. The average molecular weight is 333 g/mol. The second kappa shape index (κ2) is 8.80. The molecular weight excluding hydrogens is 306 g/mol. The van der Waals surface area contributed by atoms with Crippen molar-refractivity contribution in [2.75, 3.05) is 13.2 Å². The topological polar surface area (TPSA) is 107 Å². The van der Waals surface area contributed by atoms with Crippen molar-refractivity contribution >= 4 is 11.8 Å². The average Bonchev–Trinajstić information content (AvgIpc) is 2.61. The molecule has 2 amide bonds. The summed E-state index contributed by atoms with van der Waals surface area (Å²) in [6, 6.07) is 8.88. The van der Waals surface area contributed by atoms with Gasteiger partial charge in [0.15, 0.2) is 0 Å². The lowest BCUT2D eigenvalue weighted by molar-refractivity contribution is -0.127. The zero-order chi connectivity index (χ0) is 17.5. The van der Waals surface area contributed by atoms with Crippen LogP contribution in [0.5, 0.6) is 0 Å². The van der Waals surface area contributed by atoms with Gasteiger partial charge in [-0.05, 0) is 24.3 Å². The highest BCUT2D eigenvalue weighted by Crippen LogP contribution is 2.23. The van der Waals surface area contributed by atoms with Crippen LogP contribution in [0, 0.1) is 11.8 Å². The van der Waals surface area contributed by atoms with Gasteiger partial charge < -0.3 is 21.5 Å². The number of amides is 2. The van der Waals surface area contributed by atoms with Crippen molar-refractivity contribution in [3.63, 3.8) is 0 Å². The van der Waals surface area contributed by atoms with E-state index >= 15 is 0 Å². The standard InChI is InChI=1S/C18H27N3O3/c1-12(17(20)14-5-3-2-4-6-14)18(23)21-15(11-16(19)22)13-7-9-24-10-8-13/h2-6,12-13,15,17H,7-11,20H2,1H3,(H2,19,22)(H,21,23). The summed E-state index contributed by atoms with van der Waals surface area (Å²) in [5, 5.41) is 2.99. The molecule has 5 N–H and O–H groups in total. The Morgan fingerprint density at radius 3 is 2.46 bits per heavy atom. The lowest BCUT2D eigenvalue weighted by atomic mass is 9.88. The highest BCUT2D eigenvalue weighted by molar-refractivity contribution is 5.81. The fourth-order valence-corrected chi connectivity index (χ4v) is 3.11. The summed E-state index contributed by atoms with van der Waals surface area (Å²) < 4.78 is 5.35. The quantitative estimate of drug-likeness (QED) is 0.694. The maximum atomic E-state index is 12.6. The molecule has 1 saturated heterocycles. The summed E-state index contributed by atoms with van der Waals surface area (Å²) in [5.74, 6) is -0.756. The van der Waals surface area contributed by atoms with Crippen molar-refractivity contribution in [2.24, 2.45) is 23.3 Å². The number of primary amides is 1. The van der Waals surface area contributed by atoms with Crippen molar-refractivity contribution in [3.8, 4) is 0 Å². The van der Waals surface area contributed by atoms with Gasteiger partial charge >= 0.3 is 0 Å². The fraction of sp³-hybridized carbons (Fsp3) is 0.556. The number of hydrogen-bond acceptors (Lipinski definition) is 4. The molecule has 0 saturated carbocycles. The second-order valence-corrected chi connectivity index (χ2v) is 6.46. The van der Waals surface area contributed by atoms with Gasteiger partial charge in [-0.25, -0.2) is 0 Å². The number of carbonyl (C=O) groups excluding carboxylic acids is 2. The van der Waals surface area contributed by atoms with Crippen molar-refractivity contribution in [1.29, 1.82) is 0 Å². The minimum atomic E-state index is -0.410. The molecule has 1 aromatic rings. The van der Waals surface area contributed by atoms with E-state index in [2.05, 4.69) is 5.32 Å². The van der Waals surface area contributed by atoms with Gasteiger partial charge in [-0.2, -0.15) is 0 Å². The molecule has 6 heteroatoms. The van der Waals surface area contributed by atoms with E-state index in [0.29, 0.717) is 13.2 Å². The Kier molecular flexibility index (Phi) is 6.75.